The lowest BCUT2D eigenvalue weighted by Gasteiger charge is -2.32. The Kier molecular flexibility index (Phi) is 5.50. The molecule has 1 amide bonds. The fraction of sp³-hybridized carbons (Fsp3) is 0.320. The van der Waals surface area contributed by atoms with Gasteiger partial charge in [0.15, 0.2) is 11.2 Å². The Balaban J connectivity index is 1.41. The van der Waals surface area contributed by atoms with Crippen LogP contribution in [0.25, 0.3) is 11.2 Å². The number of hydrogen-bond donors (Lipinski definition) is 1. The van der Waals surface area contributed by atoms with E-state index in [-0.39, 0.29) is 22.9 Å². The molecule has 1 aliphatic heterocycles. The van der Waals surface area contributed by atoms with Crippen LogP contribution in [0.5, 0.6) is 0 Å². The Labute approximate surface area is 191 Å². The first-order valence-corrected chi connectivity index (χ1v) is 11.2. The van der Waals surface area contributed by atoms with Crippen LogP contribution in [-0.4, -0.2) is 48.9 Å². The Morgan fingerprint density at radius 3 is 2.48 bits per heavy atom. The second kappa shape index (κ2) is 8.61. The molecular formula is C25H26N6O2. The molecule has 4 aromatic rings. The van der Waals surface area contributed by atoms with Gasteiger partial charge in [-0.05, 0) is 44.4 Å². The largest absolute Gasteiger partial charge is 0.338 e. The van der Waals surface area contributed by atoms with E-state index in [2.05, 4.69) is 15.3 Å². The van der Waals surface area contributed by atoms with Gasteiger partial charge in [-0.1, -0.05) is 52.7 Å². The van der Waals surface area contributed by atoms with Crippen molar-refractivity contribution >= 4 is 17.1 Å². The van der Waals surface area contributed by atoms with Crippen LogP contribution in [-0.2, 0) is 6.54 Å². The number of H-pyrrole nitrogens is 1. The van der Waals surface area contributed by atoms with Crippen molar-refractivity contribution in [1.82, 2.24) is 29.9 Å². The zero-order valence-corrected chi connectivity index (χ0v) is 18.8. The molecule has 3 heterocycles. The Hall–Kier alpha value is -3.81. The topological polar surface area (TPSA) is 96.8 Å². The minimum absolute atomic E-state index is 0.00852. The minimum Gasteiger partial charge on any atom is -0.338 e. The number of carbonyl (C=O) groups is 1. The van der Waals surface area contributed by atoms with Crippen LogP contribution in [0.15, 0.2) is 53.3 Å². The molecule has 168 valence electrons. The van der Waals surface area contributed by atoms with Gasteiger partial charge in [0.05, 0.1) is 6.54 Å². The molecule has 1 N–H and O–H groups in total. The van der Waals surface area contributed by atoms with Gasteiger partial charge in [-0.25, -0.2) is 9.67 Å². The van der Waals surface area contributed by atoms with Crippen molar-refractivity contribution in [2.45, 2.75) is 39.2 Å². The third-order valence-corrected chi connectivity index (χ3v) is 6.24. The third-order valence-electron chi connectivity index (χ3n) is 6.24. The van der Waals surface area contributed by atoms with Crippen molar-refractivity contribution in [2.75, 3.05) is 13.1 Å². The van der Waals surface area contributed by atoms with Crippen LogP contribution in [0.2, 0.25) is 0 Å². The SMILES string of the molecule is Cc1ccc(Cn2nnc3c(=O)[nH]c(C4CCCN(C(=O)c5ccc(C)cc5)C4)nc32)cc1. The maximum atomic E-state index is 13.0. The standard InChI is InChI=1S/C25H26N6O2/c1-16-5-9-18(10-6-16)14-31-23-21(28-29-31)24(32)27-22(26-23)20-4-3-13-30(15-20)25(33)19-11-7-17(2)8-12-19/h5-12,20H,3-4,13-15H2,1-2H3,(H,26,27,32). The maximum Gasteiger partial charge on any atom is 0.281 e. The number of aromatic nitrogens is 5. The van der Waals surface area contributed by atoms with Gasteiger partial charge >= 0.3 is 0 Å². The average Bonchev–Trinajstić information content (AvgIpc) is 3.24. The van der Waals surface area contributed by atoms with Crippen LogP contribution in [0.4, 0.5) is 0 Å². The van der Waals surface area contributed by atoms with E-state index in [1.807, 2.05) is 67.3 Å². The number of hydrogen-bond acceptors (Lipinski definition) is 5. The van der Waals surface area contributed by atoms with Gasteiger partial charge < -0.3 is 9.88 Å². The zero-order valence-electron chi connectivity index (χ0n) is 18.8. The summed E-state index contributed by atoms with van der Waals surface area (Å²) < 4.78 is 1.66. The van der Waals surface area contributed by atoms with Crippen molar-refractivity contribution in [3.63, 3.8) is 0 Å². The first-order chi connectivity index (χ1) is 16.0. The molecular weight excluding hydrogens is 416 g/mol. The fourth-order valence-electron chi connectivity index (χ4n) is 4.31. The van der Waals surface area contributed by atoms with Gasteiger partial charge in [-0.2, -0.15) is 0 Å². The minimum atomic E-state index is -0.299. The average molecular weight is 443 g/mol. The highest BCUT2D eigenvalue weighted by Gasteiger charge is 2.28. The van der Waals surface area contributed by atoms with Gasteiger partial charge in [0.25, 0.3) is 11.5 Å². The molecule has 2 aromatic carbocycles. The molecule has 5 rings (SSSR count). The second-order valence-corrected chi connectivity index (χ2v) is 8.81. The summed E-state index contributed by atoms with van der Waals surface area (Å²) in [6.07, 6.45) is 1.70. The number of carbonyl (C=O) groups excluding carboxylic acids is 1. The summed E-state index contributed by atoms with van der Waals surface area (Å²) >= 11 is 0. The number of rotatable bonds is 4. The lowest BCUT2D eigenvalue weighted by Crippen LogP contribution is -2.40. The Morgan fingerprint density at radius 2 is 1.76 bits per heavy atom. The van der Waals surface area contributed by atoms with Gasteiger partial charge in [0.1, 0.15) is 5.82 Å². The van der Waals surface area contributed by atoms with Gasteiger partial charge in [0, 0.05) is 24.6 Å². The molecule has 33 heavy (non-hydrogen) atoms. The molecule has 1 unspecified atom stereocenters. The molecule has 8 nitrogen and oxygen atoms in total. The highest BCUT2D eigenvalue weighted by atomic mass is 16.2. The normalized spacial score (nSPS) is 16.3. The van der Waals surface area contributed by atoms with Gasteiger partial charge in [0.2, 0.25) is 0 Å². The number of piperidine rings is 1. The third kappa shape index (κ3) is 4.28. The molecule has 8 heteroatoms. The summed E-state index contributed by atoms with van der Waals surface area (Å²) in [6, 6.07) is 15.8. The lowest BCUT2D eigenvalue weighted by molar-refractivity contribution is 0.0704. The molecule has 2 aromatic heterocycles. The predicted octanol–water partition coefficient (Wildman–Crippen LogP) is 3.20. The summed E-state index contributed by atoms with van der Waals surface area (Å²) in [5, 5.41) is 8.22. The van der Waals surface area contributed by atoms with Crippen LogP contribution in [0.1, 0.15) is 51.6 Å². The second-order valence-electron chi connectivity index (χ2n) is 8.81. The number of benzene rings is 2. The van der Waals surface area contributed by atoms with Crippen LogP contribution >= 0.6 is 0 Å². The summed E-state index contributed by atoms with van der Waals surface area (Å²) in [4.78, 5) is 35.2. The highest BCUT2D eigenvalue weighted by molar-refractivity contribution is 5.94. The Morgan fingerprint density at radius 1 is 1.06 bits per heavy atom. The maximum absolute atomic E-state index is 13.0. The number of amides is 1. The van der Waals surface area contributed by atoms with E-state index in [0.717, 1.165) is 24.0 Å². The summed E-state index contributed by atoms with van der Waals surface area (Å²) in [5.74, 6) is 0.545. The van der Waals surface area contributed by atoms with E-state index in [9.17, 15) is 9.59 Å². The van der Waals surface area contributed by atoms with E-state index in [1.54, 1.807) is 4.68 Å². The predicted molar refractivity (Wildman–Crippen MR) is 125 cm³/mol. The number of likely N-dealkylation sites (tertiary alicyclic amines) is 1. The van der Waals surface area contributed by atoms with E-state index in [0.29, 0.717) is 36.7 Å². The summed E-state index contributed by atoms with van der Waals surface area (Å²) in [7, 11) is 0. The van der Waals surface area contributed by atoms with E-state index < -0.39 is 0 Å². The fourth-order valence-corrected chi connectivity index (χ4v) is 4.31. The summed E-state index contributed by atoms with van der Waals surface area (Å²) in [5.41, 5.74) is 4.44. The monoisotopic (exact) mass is 442 g/mol. The quantitative estimate of drug-likeness (QED) is 0.524. The van der Waals surface area contributed by atoms with E-state index in [4.69, 9.17) is 4.98 Å². The van der Waals surface area contributed by atoms with Crippen LogP contribution < -0.4 is 5.56 Å². The molecule has 1 fully saturated rings. The lowest BCUT2D eigenvalue weighted by atomic mass is 9.96. The molecule has 0 aliphatic carbocycles. The smallest absolute Gasteiger partial charge is 0.281 e. The van der Waals surface area contributed by atoms with Crippen LogP contribution in [0, 0.1) is 13.8 Å². The zero-order chi connectivity index (χ0) is 22.9. The number of fused-ring (bicyclic) bond motifs is 1. The number of aryl methyl sites for hydroxylation is 2. The van der Waals surface area contributed by atoms with Gasteiger partial charge in [-0.15, -0.1) is 5.10 Å². The van der Waals surface area contributed by atoms with Crippen molar-refractivity contribution in [2.24, 2.45) is 0 Å². The highest BCUT2D eigenvalue weighted by Crippen LogP contribution is 2.26. The molecule has 1 saturated heterocycles. The first kappa shape index (κ1) is 21.1. The van der Waals surface area contributed by atoms with Crippen molar-refractivity contribution in [3.05, 3.63) is 87.0 Å². The van der Waals surface area contributed by atoms with E-state index in [1.165, 1.54) is 5.56 Å². The number of aromatic amines is 1. The van der Waals surface area contributed by atoms with Crippen molar-refractivity contribution < 1.29 is 4.79 Å². The van der Waals surface area contributed by atoms with Gasteiger partial charge in [-0.3, -0.25) is 9.59 Å². The molecule has 0 saturated carbocycles. The molecule has 1 aliphatic rings. The number of nitrogens with one attached hydrogen (secondary N) is 1. The molecule has 0 radical (unpaired) electrons. The molecule has 0 spiro atoms. The van der Waals surface area contributed by atoms with Crippen molar-refractivity contribution in [3.8, 4) is 0 Å². The first-order valence-electron chi connectivity index (χ1n) is 11.2. The van der Waals surface area contributed by atoms with Crippen LogP contribution in [0.3, 0.4) is 0 Å². The number of nitrogens with zero attached hydrogens (tertiary/aromatic N) is 5. The van der Waals surface area contributed by atoms with Crippen molar-refractivity contribution in [1.29, 1.82) is 0 Å². The Bertz CT molecular complexity index is 1350. The molecule has 1 atom stereocenters. The molecule has 0 bridgehead atoms. The van der Waals surface area contributed by atoms with E-state index >= 15 is 0 Å². The summed E-state index contributed by atoms with van der Waals surface area (Å²) in [6.45, 7) is 5.74.